The summed E-state index contributed by atoms with van der Waals surface area (Å²) < 4.78 is 0. The topological polar surface area (TPSA) is 66.0 Å². The van der Waals surface area contributed by atoms with Crippen LogP contribution in [0.1, 0.15) is 24.2 Å². The smallest absolute Gasteiger partial charge is 0.335 e. The molecule has 2 N–H and O–H groups in total. The number of nitrogens with one attached hydrogen (secondary N) is 1. The number of rotatable bonds is 2. The average molecular weight is 268 g/mol. The van der Waals surface area contributed by atoms with E-state index in [-0.39, 0.29) is 5.56 Å². The highest BCUT2D eigenvalue weighted by molar-refractivity contribution is 5.89. The van der Waals surface area contributed by atoms with Gasteiger partial charge in [0.15, 0.2) is 0 Å². The minimum Gasteiger partial charge on any atom is -0.478 e. The summed E-state index contributed by atoms with van der Waals surface area (Å²) in [6, 6.07) is 14.4. The third kappa shape index (κ3) is 2.69. The van der Waals surface area contributed by atoms with Gasteiger partial charge >= 0.3 is 5.97 Å². The first kappa shape index (κ1) is 13.8. The van der Waals surface area contributed by atoms with Gasteiger partial charge in [-0.3, -0.25) is 0 Å². The number of H-pyrrole nitrogens is 1. The van der Waals surface area contributed by atoms with E-state index in [1.807, 2.05) is 44.2 Å². The second kappa shape index (κ2) is 6.02. The lowest BCUT2D eigenvalue weighted by Gasteiger charge is -1.98. The molecule has 4 nitrogen and oxygen atoms in total. The molecule has 102 valence electrons. The fourth-order valence-corrected chi connectivity index (χ4v) is 1.89. The number of carboxylic acid groups (broad SMARTS) is 1. The molecule has 1 heterocycles. The second-order valence-corrected chi connectivity index (χ2v) is 3.99. The lowest BCUT2D eigenvalue weighted by molar-refractivity contribution is 0.0697. The van der Waals surface area contributed by atoms with Crippen LogP contribution >= 0.6 is 0 Å². The quantitative estimate of drug-likeness (QED) is 0.739. The van der Waals surface area contributed by atoms with Crippen LogP contribution in [0.4, 0.5) is 0 Å². The Labute approximate surface area is 117 Å². The molecule has 0 fully saturated rings. The minimum atomic E-state index is -0.937. The molecule has 20 heavy (non-hydrogen) atoms. The first-order valence-corrected chi connectivity index (χ1v) is 6.52. The van der Waals surface area contributed by atoms with E-state index < -0.39 is 5.97 Å². The molecule has 0 atom stereocenters. The number of imidazole rings is 1. The van der Waals surface area contributed by atoms with Gasteiger partial charge in [0.2, 0.25) is 0 Å². The van der Waals surface area contributed by atoms with E-state index in [4.69, 9.17) is 5.11 Å². The van der Waals surface area contributed by atoms with Crippen molar-refractivity contribution in [3.8, 4) is 11.4 Å². The molecule has 0 aliphatic heterocycles. The Morgan fingerprint density at radius 3 is 2.55 bits per heavy atom. The molecular formula is C16H16N2O2. The van der Waals surface area contributed by atoms with Crippen molar-refractivity contribution >= 4 is 17.0 Å². The van der Waals surface area contributed by atoms with Gasteiger partial charge in [0.05, 0.1) is 16.6 Å². The molecule has 0 aliphatic rings. The summed E-state index contributed by atoms with van der Waals surface area (Å²) in [6.45, 7) is 4.00. The molecule has 3 rings (SSSR count). The fourth-order valence-electron chi connectivity index (χ4n) is 1.89. The van der Waals surface area contributed by atoms with Gasteiger partial charge in [0.25, 0.3) is 0 Å². The molecule has 4 heteroatoms. The van der Waals surface area contributed by atoms with Crippen LogP contribution in [0.2, 0.25) is 0 Å². The van der Waals surface area contributed by atoms with E-state index in [0.717, 1.165) is 16.6 Å². The molecule has 0 bridgehead atoms. The summed E-state index contributed by atoms with van der Waals surface area (Å²) in [4.78, 5) is 18.5. The van der Waals surface area contributed by atoms with Gasteiger partial charge in [-0.15, -0.1) is 0 Å². The van der Waals surface area contributed by atoms with Crippen molar-refractivity contribution in [2.24, 2.45) is 0 Å². The van der Waals surface area contributed by atoms with Gasteiger partial charge in [-0.1, -0.05) is 38.1 Å². The summed E-state index contributed by atoms with van der Waals surface area (Å²) in [5.41, 5.74) is 2.83. The zero-order valence-corrected chi connectivity index (χ0v) is 11.4. The predicted octanol–water partition coefficient (Wildman–Crippen LogP) is 3.95. The second-order valence-electron chi connectivity index (χ2n) is 3.99. The molecule has 1 aromatic heterocycles. The Morgan fingerprint density at radius 1 is 1.10 bits per heavy atom. The van der Waals surface area contributed by atoms with Crippen molar-refractivity contribution in [3.05, 3.63) is 54.1 Å². The maximum atomic E-state index is 10.9. The Morgan fingerprint density at radius 2 is 1.85 bits per heavy atom. The standard InChI is InChI=1S/C14H10N2O2.C2H6/c17-14(18)10-5-3-4-9(8-10)13-15-11-6-1-2-7-12(11)16-13;1-2/h1-8H,(H,15,16)(H,17,18);1-2H3. The van der Waals surface area contributed by atoms with Crippen LogP contribution in [0, 0.1) is 0 Å². The Balaban J connectivity index is 0.000000704. The van der Waals surface area contributed by atoms with Crippen molar-refractivity contribution in [3.63, 3.8) is 0 Å². The molecule has 0 aliphatic carbocycles. The highest BCUT2D eigenvalue weighted by Gasteiger charge is 2.08. The van der Waals surface area contributed by atoms with Gasteiger partial charge in [-0.25, -0.2) is 9.78 Å². The summed E-state index contributed by atoms with van der Waals surface area (Å²) >= 11 is 0. The first-order chi connectivity index (χ1) is 9.74. The molecule has 2 aromatic carbocycles. The fraction of sp³-hybridized carbons (Fsp3) is 0.125. The van der Waals surface area contributed by atoms with E-state index in [0.29, 0.717) is 5.82 Å². The van der Waals surface area contributed by atoms with Crippen molar-refractivity contribution in [1.29, 1.82) is 0 Å². The molecule has 0 spiro atoms. The number of hydrogen-bond donors (Lipinski definition) is 2. The number of aromatic amines is 1. The van der Waals surface area contributed by atoms with E-state index in [2.05, 4.69) is 9.97 Å². The minimum absolute atomic E-state index is 0.257. The van der Waals surface area contributed by atoms with E-state index >= 15 is 0 Å². The third-order valence-electron chi connectivity index (χ3n) is 2.77. The van der Waals surface area contributed by atoms with Crippen LogP contribution < -0.4 is 0 Å². The predicted molar refractivity (Wildman–Crippen MR) is 79.8 cm³/mol. The summed E-state index contributed by atoms with van der Waals surface area (Å²) in [5.74, 6) is -0.257. The highest BCUT2D eigenvalue weighted by atomic mass is 16.4. The van der Waals surface area contributed by atoms with Crippen molar-refractivity contribution in [2.45, 2.75) is 13.8 Å². The van der Waals surface area contributed by atoms with Crippen LogP contribution in [0.25, 0.3) is 22.4 Å². The van der Waals surface area contributed by atoms with E-state index in [9.17, 15) is 4.79 Å². The number of aromatic nitrogens is 2. The van der Waals surface area contributed by atoms with Crippen molar-refractivity contribution < 1.29 is 9.90 Å². The Kier molecular flexibility index (Phi) is 4.15. The summed E-state index contributed by atoms with van der Waals surface area (Å²) in [7, 11) is 0. The molecule has 0 unspecified atom stereocenters. The Hall–Kier alpha value is -2.62. The van der Waals surface area contributed by atoms with Crippen LogP contribution in [0.15, 0.2) is 48.5 Å². The van der Waals surface area contributed by atoms with Gasteiger partial charge in [-0.2, -0.15) is 0 Å². The molecule has 0 saturated heterocycles. The molecular weight excluding hydrogens is 252 g/mol. The van der Waals surface area contributed by atoms with Crippen LogP contribution in [0.3, 0.4) is 0 Å². The van der Waals surface area contributed by atoms with Crippen LogP contribution in [-0.4, -0.2) is 21.0 Å². The zero-order valence-electron chi connectivity index (χ0n) is 11.4. The number of benzene rings is 2. The van der Waals surface area contributed by atoms with Crippen molar-refractivity contribution in [2.75, 3.05) is 0 Å². The van der Waals surface area contributed by atoms with Gasteiger partial charge < -0.3 is 10.1 Å². The molecule has 0 radical (unpaired) electrons. The Bertz CT molecular complexity index is 699. The van der Waals surface area contributed by atoms with Crippen LogP contribution in [0.5, 0.6) is 0 Å². The molecule has 0 saturated carbocycles. The third-order valence-corrected chi connectivity index (χ3v) is 2.77. The number of carbonyl (C=O) groups is 1. The maximum Gasteiger partial charge on any atom is 0.335 e. The monoisotopic (exact) mass is 268 g/mol. The lowest BCUT2D eigenvalue weighted by Crippen LogP contribution is -1.95. The van der Waals surface area contributed by atoms with Gasteiger partial charge in [0.1, 0.15) is 5.82 Å². The largest absolute Gasteiger partial charge is 0.478 e. The zero-order chi connectivity index (χ0) is 14.5. The number of para-hydroxylation sites is 2. The number of fused-ring (bicyclic) bond motifs is 1. The molecule has 3 aromatic rings. The maximum absolute atomic E-state index is 10.9. The number of carboxylic acids is 1. The lowest BCUT2D eigenvalue weighted by atomic mass is 10.1. The van der Waals surface area contributed by atoms with E-state index in [1.165, 1.54) is 0 Å². The van der Waals surface area contributed by atoms with Gasteiger partial charge in [0, 0.05) is 5.56 Å². The summed E-state index contributed by atoms with van der Waals surface area (Å²) in [6.07, 6.45) is 0. The van der Waals surface area contributed by atoms with Crippen molar-refractivity contribution in [1.82, 2.24) is 9.97 Å². The van der Waals surface area contributed by atoms with Gasteiger partial charge in [-0.05, 0) is 24.3 Å². The van der Waals surface area contributed by atoms with E-state index in [1.54, 1.807) is 18.2 Å². The number of hydrogen-bond acceptors (Lipinski definition) is 2. The average Bonchev–Trinajstić information content (AvgIpc) is 2.93. The SMILES string of the molecule is CC.O=C(O)c1cccc(-c2nc3ccccc3[nH]2)c1. The number of nitrogens with zero attached hydrogens (tertiary/aromatic N) is 1. The summed E-state index contributed by atoms with van der Waals surface area (Å²) in [5, 5.41) is 8.97. The molecule has 0 amide bonds. The normalized spacial score (nSPS) is 9.90. The van der Waals surface area contributed by atoms with Crippen LogP contribution in [-0.2, 0) is 0 Å². The number of aromatic carboxylic acids is 1. The highest BCUT2D eigenvalue weighted by Crippen LogP contribution is 2.21. The first-order valence-electron chi connectivity index (χ1n) is 6.52.